The van der Waals surface area contributed by atoms with Gasteiger partial charge in [-0.15, -0.1) is 0 Å². The molecule has 0 atom stereocenters. The van der Waals surface area contributed by atoms with Crippen LogP contribution in [0.5, 0.6) is 5.75 Å². The fraction of sp³-hybridized carbons (Fsp3) is 0.478. The van der Waals surface area contributed by atoms with Crippen molar-refractivity contribution in [2.24, 2.45) is 0 Å². The Balaban J connectivity index is 1.58. The van der Waals surface area contributed by atoms with Crippen molar-refractivity contribution in [1.82, 2.24) is 20.2 Å². The molecule has 1 fully saturated rings. The van der Waals surface area contributed by atoms with Crippen LogP contribution < -0.4 is 10.1 Å². The minimum Gasteiger partial charge on any atom is -0.489 e. The smallest absolute Gasteiger partial charge is 0.407 e. The zero-order chi connectivity index (χ0) is 23.1. The maximum absolute atomic E-state index is 13.2. The number of halogens is 1. The molecule has 172 valence electrons. The predicted molar refractivity (Wildman–Crippen MR) is 118 cm³/mol. The molecule has 1 aromatic carbocycles. The molecule has 3 rings (SSSR count). The van der Waals surface area contributed by atoms with E-state index in [0.717, 1.165) is 32.4 Å². The van der Waals surface area contributed by atoms with Gasteiger partial charge in [-0.1, -0.05) is 0 Å². The second kappa shape index (κ2) is 10.4. The molecule has 1 aliphatic heterocycles. The Kier molecular flexibility index (Phi) is 7.61. The normalized spacial score (nSPS) is 14.9. The van der Waals surface area contributed by atoms with Crippen molar-refractivity contribution in [3.05, 3.63) is 42.0 Å². The number of ether oxygens (including phenoxy) is 2. The van der Waals surface area contributed by atoms with Gasteiger partial charge in [-0.2, -0.15) is 0 Å². The Labute approximate surface area is 186 Å². The molecular weight excluding hydrogens is 415 g/mol. The average molecular weight is 445 g/mol. The third kappa shape index (κ3) is 6.63. The van der Waals surface area contributed by atoms with Crippen LogP contribution in [0, 0.1) is 0 Å². The van der Waals surface area contributed by atoms with Crippen LogP contribution in [0.1, 0.15) is 50.5 Å². The summed E-state index contributed by atoms with van der Waals surface area (Å²) < 4.78 is 23.9. The number of nitrogens with one attached hydrogen (secondary N) is 1. The largest absolute Gasteiger partial charge is 0.489 e. The monoisotopic (exact) mass is 444 g/mol. The number of fused-ring (bicyclic) bond motifs is 1. The molecule has 9 heteroatoms. The molecule has 0 aliphatic carbocycles. The van der Waals surface area contributed by atoms with Gasteiger partial charge in [-0.25, -0.2) is 14.2 Å². The molecule has 0 unspecified atom stereocenters. The molecule has 0 spiro atoms. The Morgan fingerprint density at radius 1 is 1.19 bits per heavy atom. The van der Waals surface area contributed by atoms with Gasteiger partial charge < -0.3 is 19.7 Å². The van der Waals surface area contributed by atoms with Crippen molar-refractivity contribution in [3.63, 3.8) is 0 Å². The van der Waals surface area contributed by atoms with Gasteiger partial charge in [0.05, 0.1) is 23.6 Å². The van der Waals surface area contributed by atoms with Gasteiger partial charge in [-0.3, -0.25) is 9.78 Å². The molecule has 1 aliphatic rings. The van der Waals surface area contributed by atoms with E-state index in [1.165, 1.54) is 6.20 Å². The van der Waals surface area contributed by atoms with Gasteiger partial charge in [0.1, 0.15) is 23.7 Å². The number of alkyl carbamates (subject to hydrolysis) is 1. The lowest BCUT2D eigenvalue weighted by atomic mass is 10.1. The van der Waals surface area contributed by atoms with Crippen molar-refractivity contribution >= 4 is 23.0 Å². The first-order valence-electron chi connectivity index (χ1n) is 10.7. The Bertz CT molecular complexity index is 997. The second-order valence-corrected chi connectivity index (χ2v) is 8.67. The zero-order valence-corrected chi connectivity index (χ0v) is 18.7. The van der Waals surface area contributed by atoms with Crippen molar-refractivity contribution < 1.29 is 23.5 Å². The van der Waals surface area contributed by atoms with Crippen LogP contribution in [0.25, 0.3) is 11.0 Å². The summed E-state index contributed by atoms with van der Waals surface area (Å²) in [7, 11) is 0. The lowest BCUT2D eigenvalue weighted by Crippen LogP contribution is -2.36. The number of benzene rings is 1. The number of nitrogens with zero attached hydrogens (tertiary/aromatic N) is 3. The number of likely N-dealkylation sites (tertiary alicyclic amines) is 1. The maximum Gasteiger partial charge on any atom is 0.407 e. The SMILES string of the molecule is CC(C)(C)OC(=O)NC/C(=C\F)COc1ccc2nc(C(=O)N3CCCCC3)cnc2c1. The van der Waals surface area contributed by atoms with Crippen molar-refractivity contribution in [3.8, 4) is 5.75 Å². The van der Waals surface area contributed by atoms with Gasteiger partial charge in [0.2, 0.25) is 0 Å². The van der Waals surface area contributed by atoms with Gasteiger partial charge >= 0.3 is 6.09 Å². The van der Waals surface area contributed by atoms with Crippen LogP contribution in [-0.2, 0) is 4.74 Å². The zero-order valence-electron chi connectivity index (χ0n) is 18.7. The van der Waals surface area contributed by atoms with Crippen LogP contribution in [0.2, 0.25) is 0 Å². The average Bonchev–Trinajstić information content (AvgIpc) is 2.77. The molecule has 2 aromatic rings. The molecule has 1 saturated heterocycles. The molecule has 2 heterocycles. The first-order valence-corrected chi connectivity index (χ1v) is 10.7. The molecule has 0 saturated carbocycles. The number of carbonyl (C=O) groups excluding carboxylic acids is 2. The lowest BCUT2D eigenvalue weighted by Gasteiger charge is -2.26. The number of rotatable bonds is 6. The molecule has 8 nitrogen and oxygen atoms in total. The molecule has 32 heavy (non-hydrogen) atoms. The Hall–Kier alpha value is -3.23. The number of hydrogen-bond donors (Lipinski definition) is 1. The van der Waals surface area contributed by atoms with Gasteiger partial charge in [0.25, 0.3) is 5.91 Å². The Morgan fingerprint density at radius 3 is 2.62 bits per heavy atom. The second-order valence-electron chi connectivity index (χ2n) is 8.67. The van der Waals surface area contributed by atoms with E-state index in [4.69, 9.17) is 9.47 Å². The quantitative estimate of drug-likeness (QED) is 0.724. The van der Waals surface area contributed by atoms with Crippen molar-refractivity contribution in [1.29, 1.82) is 0 Å². The standard InChI is InChI=1S/C23H29FN4O4/c1-23(2,3)32-22(30)26-13-16(12-24)15-31-17-7-8-18-19(11-17)25-14-20(27-18)21(29)28-9-5-4-6-10-28/h7-8,11-12,14H,4-6,9-10,13,15H2,1-3H3,(H,26,30)/b16-12+. The van der Waals surface area contributed by atoms with E-state index in [-0.39, 0.29) is 24.6 Å². The van der Waals surface area contributed by atoms with E-state index in [1.54, 1.807) is 39.0 Å². The molecular formula is C23H29FN4O4. The minimum absolute atomic E-state index is 0.0409. The summed E-state index contributed by atoms with van der Waals surface area (Å²) in [4.78, 5) is 34.9. The Morgan fingerprint density at radius 2 is 1.94 bits per heavy atom. The van der Waals surface area contributed by atoms with Crippen molar-refractivity contribution in [2.75, 3.05) is 26.2 Å². The highest BCUT2D eigenvalue weighted by Crippen LogP contribution is 2.20. The summed E-state index contributed by atoms with van der Waals surface area (Å²) in [6.07, 6.45) is 4.41. The molecule has 0 bridgehead atoms. The van der Waals surface area contributed by atoms with Gasteiger partial charge in [-0.05, 0) is 52.2 Å². The molecule has 2 amide bonds. The van der Waals surface area contributed by atoms with E-state index < -0.39 is 11.7 Å². The van der Waals surface area contributed by atoms with E-state index in [0.29, 0.717) is 28.8 Å². The number of piperidine rings is 1. The highest BCUT2D eigenvalue weighted by Gasteiger charge is 2.20. The topological polar surface area (TPSA) is 93.7 Å². The summed E-state index contributed by atoms with van der Waals surface area (Å²) in [6.45, 7) is 6.64. The van der Waals surface area contributed by atoms with Crippen LogP contribution >= 0.6 is 0 Å². The lowest BCUT2D eigenvalue weighted by molar-refractivity contribution is 0.0531. The van der Waals surface area contributed by atoms with Crippen LogP contribution in [0.3, 0.4) is 0 Å². The predicted octanol–water partition coefficient (Wildman–Crippen LogP) is 4.01. The maximum atomic E-state index is 13.2. The highest BCUT2D eigenvalue weighted by atomic mass is 19.1. The first kappa shape index (κ1) is 23.4. The highest BCUT2D eigenvalue weighted by molar-refractivity contribution is 5.94. The third-order valence-corrected chi connectivity index (χ3v) is 4.81. The van der Waals surface area contributed by atoms with Crippen LogP contribution in [-0.4, -0.2) is 58.7 Å². The van der Waals surface area contributed by atoms with Crippen LogP contribution in [0.4, 0.5) is 9.18 Å². The molecule has 1 aromatic heterocycles. The summed E-state index contributed by atoms with van der Waals surface area (Å²) >= 11 is 0. The fourth-order valence-corrected chi connectivity index (χ4v) is 3.24. The van der Waals surface area contributed by atoms with Gasteiger partial charge in [0, 0.05) is 31.3 Å². The van der Waals surface area contributed by atoms with E-state index in [1.807, 2.05) is 4.90 Å². The van der Waals surface area contributed by atoms with E-state index in [9.17, 15) is 14.0 Å². The van der Waals surface area contributed by atoms with E-state index in [2.05, 4.69) is 15.3 Å². The molecule has 1 N–H and O–H groups in total. The fourth-order valence-electron chi connectivity index (χ4n) is 3.24. The third-order valence-electron chi connectivity index (χ3n) is 4.81. The summed E-state index contributed by atoms with van der Waals surface area (Å²) in [6, 6.07) is 5.07. The minimum atomic E-state index is -0.634. The number of aromatic nitrogens is 2. The number of carbonyl (C=O) groups is 2. The van der Waals surface area contributed by atoms with Crippen molar-refractivity contribution in [2.45, 2.75) is 45.6 Å². The summed E-state index contributed by atoms with van der Waals surface area (Å²) in [5, 5.41) is 2.49. The number of amides is 2. The van der Waals surface area contributed by atoms with Gasteiger partial charge in [0.15, 0.2) is 0 Å². The first-order chi connectivity index (χ1) is 15.2. The van der Waals surface area contributed by atoms with E-state index >= 15 is 0 Å². The number of hydrogen-bond acceptors (Lipinski definition) is 6. The summed E-state index contributed by atoms with van der Waals surface area (Å²) in [5.74, 6) is 0.369. The molecule has 0 radical (unpaired) electrons. The van der Waals surface area contributed by atoms with Crippen LogP contribution in [0.15, 0.2) is 36.3 Å². The summed E-state index contributed by atoms with van der Waals surface area (Å²) in [5.41, 5.74) is 1.07.